The molecule has 0 atom stereocenters. The fourth-order valence-corrected chi connectivity index (χ4v) is 1.89. The molecule has 0 fully saturated rings. The van der Waals surface area contributed by atoms with Crippen LogP contribution in [0, 0.1) is 0 Å². The normalized spacial score (nSPS) is 14.8. The van der Waals surface area contributed by atoms with Crippen LogP contribution >= 0.6 is 11.6 Å². The average molecular weight is 230 g/mol. The van der Waals surface area contributed by atoms with Gasteiger partial charge in [0.1, 0.15) is 0 Å². The SMILES string of the molecule is CCOC(=O)c1nc(Cl)n2c1CNCC2. The van der Waals surface area contributed by atoms with Gasteiger partial charge in [0, 0.05) is 19.6 Å². The molecular weight excluding hydrogens is 218 g/mol. The third-order valence-electron chi connectivity index (χ3n) is 2.30. The fraction of sp³-hybridized carbons (Fsp3) is 0.556. The van der Waals surface area contributed by atoms with E-state index in [1.54, 1.807) is 6.92 Å². The van der Waals surface area contributed by atoms with Crippen LogP contribution in [0.4, 0.5) is 0 Å². The van der Waals surface area contributed by atoms with Gasteiger partial charge in [0.25, 0.3) is 0 Å². The predicted octanol–water partition coefficient (Wildman–Crippen LogP) is 0.816. The van der Waals surface area contributed by atoms with Crippen molar-refractivity contribution in [2.24, 2.45) is 0 Å². The van der Waals surface area contributed by atoms with E-state index < -0.39 is 5.97 Å². The van der Waals surface area contributed by atoms with E-state index in [1.807, 2.05) is 4.57 Å². The van der Waals surface area contributed by atoms with Crippen molar-refractivity contribution in [3.05, 3.63) is 16.7 Å². The van der Waals surface area contributed by atoms with Crippen molar-refractivity contribution in [1.29, 1.82) is 0 Å². The average Bonchev–Trinajstić information content (AvgIpc) is 2.58. The van der Waals surface area contributed by atoms with Crippen LogP contribution in [0.25, 0.3) is 0 Å². The molecule has 2 rings (SSSR count). The topological polar surface area (TPSA) is 56.1 Å². The number of rotatable bonds is 2. The lowest BCUT2D eigenvalue weighted by Gasteiger charge is -2.16. The van der Waals surface area contributed by atoms with Gasteiger partial charge in [0.05, 0.1) is 12.3 Å². The van der Waals surface area contributed by atoms with Crippen LogP contribution in [0.2, 0.25) is 5.28 Å². The summed E-state index contributed by atoms with van der Waals surface area (Å²) in [7, 11) is 0. The summed E-state index contributed by atoms with van der Waals surface area (Å²) < 4.78 is 6.74. The van der Waals surface area contributed by atoms with Gasteiger partial charge in [-0.15, -0.1) is 0 Å². The zero-order valence-corrected chi connectivity index (χ0v) is 9.17. The van der Waals surface area contributed by atoms with Gasteiger partial charge in [-0.1, -0.05) is 0 Å². The number of halogens is 1. The number of imidazole rings is 1. The Bertz CT molecular complexity index is 389. The Balaban J connectivity index is 2.35. The second kappa shape index (κ2) is 4.20. The van der Waals surface area contributed by atoms with Crippen LogP contribution in [-0.2, 0) is 17.8 Å². The van der Waals surface area contributed by atoms with Crippen LogP contribution < -0.4 is 5.32 Å². The molecule has 6 heteroatoms. The Morgan fingerprint density at radius 1 is 1.73 bits per heavy atom. The van der Waals surface area contributed by atoms with Gasteiger partial charge in [0.2, 0.25) is 5.28 Å². The van der Waals surface area contributed by atoms with Crippen molar-refractivity contribution >= 4 is 17.6 Å². The summed E-state index contributed by atoms with van der Waals surface area (Å²) in [6.45, 7) is 4.29. The van der Waals surface area contributed by atoms with E-state index >= 15 is 0 Å². The number of fused-ring (bicyclic) bond motifs is 1. The molecule has 0 saturated heterocycles. The van der Waals surface area contributed by atoms with Gasteiger partial charge < -0.3 is 14.6 Å². The number of hydrogen-bond acceptors (Lipinski definition) is 4. The van der Waals surface area contributed by atoms with Crippen molar-refractivity contribution < 1.29 is 9.53 Å². The number of carbonyl (C=O) groups is 1. The van der Waals surface area contributed by atoms with E-state index in [9.17, 15) is 4.79 Å². The summed E-state index contributed by atoms with van der Waals surface area (Å²) in [5.74, 6) is -0.406. The third-order valence-corrected chi connectivity index (χ3v) is 2.59. The van der Waals surface area contributed by atoms with Crippen LogP contribution in [0.3, 0.4) is 0 Å². The number of aromatic nitrogens is 2. The first-order valence-corrected chi connectivity index (χ1v) is 5.24. The molecule has 1 aliphatic heterocycles. The molecule has 2 heterocycles. The zero-order chi connectivity index (χ0) is 10.8. The van der Waals surface area contributed by atoms with Gasteiger partial charge in [-0.25, -0.2) is 9.78 Å². The lowest BCUT2D eigenvalue weighted by Crippen LogP contribution is -2.29. The molecule has 1 N–H and O–H groups in total. The van der Waals surface area contributed by atoms with E-state index in [-0.39, 0.29) is 0 Å². The maximum Gasteiger partial charge on any atom is 0.358 e. The molecule has 0 aliphatic carbocycles. The lowest BCUT2D eigenvalue weighted by molar-refractivity contribution is 0.0518. The summed E-state index contributed by atoms with van der Waals surface area (Å²) in [4.78, 5) is 15.6. The highest BCUT2D eigenvalue weighted by Crippen LogP contribution is 2.19. The third kappa shape index (κ3) is 1.85. The first-order chi connectivity index (χ1) is 7.24. The molecule has 82 valence electrons. The molecular formula is C9H12ClN3O2. The quantitative estimate of drug-likeness (QED) is 0.763. The summed E-state index contributed by atoms with van der Waals surface area (Å²) in [6.07, 6.45) is 0. The molecule has 0 spiro atoms. The first-order valence-electron chi connectivity index (χ1n) is 4.86. The number of esters is 1. The molecule has 1 aromatic heterocycles. The number of nitrogens with one attached hydrogen (secondary N) is 1. The second-order valence-corrected chi connectivity index (χ2v) is 3.56. The molecule has 1 aliphatic rings. The standard InChI is InChI=1S/C9H12ClN3O2/c1-2-15-8(14)7-6-5-11-3-4-13(6)9(10)12-7/h11H,2-5H2,1H3. The first kappa shape index (κ1) is 10.4. The lowest BCUT2D eigenvalue weighted by atomic mass is 10.3. The Morgan fingerprint density at radius 3 is 3.27 bits per heavy atom. The number of hydrogen-bond donors (Lipinski definition) is 1. The monoisotopic (exact) mass is 229 g/mol. The Hall–Kier alpha value is -1.07. The minimum Gasteiger partial charge on any atom is -0.461 e. The van der Waals surface area contributed by atoms with Crippen molar-refractivity contribution in [2.75, 3.05) is 13.2 Å². The van der Waals surface area contributed by atoms with E-state index in [0.29, 0.717) is 24.1 Å². The van der Waals surface area contributed by atoms with E-state index in [1.165, 1.54) is 0 Å². The molecule has 0 saturated carbocycles. The number of ether oxygens (including phenoxy) is 1. The largest absolute Gasteiger partial charge is 0.461 e. The van der Waals surface area contributed by atoms with E-state index in [0.717, 1.165) is 18.8 Å². The minimum atomic E-state index is -0.406. The van der Waals surface area contributed by atoms with E-state index in [2.05, 4.69) is 10.3 Å². The molecule has 1 aromatic rings. The summed E-state index contributed by atoms with van der Waals surface area (Å²) in [5, 5.41) is 3.52. The highest BCUT2D eigenvalue weighted by molar-refractivity contribution is 6.28. The van der Waals surface area contributed by atoms with Crippen LogP contribution in [0.1, 0.15) is 23.1 Å². The Morgan fingerprint density at radius 2 is 2.53 bits per heavy atom. The van der Waals surface area contributed by atoms with Gasteiger partial charge in [-0.05, 0) is 18.5 Å². The maximum atomic E-state index is 11.5. The Kier molecular flexibility index (Phi) is 2.93. The maximum absolute atomic E-state index is 11.5. The Labute approximate surface area is 92.4 Å². The van der Waals surface area contributed by atoms with Crippen LogP contribution in [-0.4, -0.2) is 28.7 Å². The summed E-state index contributed by atoms with van der Waals surface area (Å²) >= 11 is 5.92. The molecule has 0 aromatic carbocycles. The van der Waals surface area contributed by atoms with Crippen molar-refractivity contribution in [2.45, 2.75) is 20.0 Å². The number of nitrogens with zero attached hydrogens (tertiary/aromatic N) is 2. The number of carbonyl (C=O) groups excluding carboxylic acids is 1. The second-order valence-electron chi connectivity index (χ2n) is 3.23. The molecule has 0 amide bonds. The van der Waals surface area contributed by atoms with Gasteiger partial charge >= 0.3 is 5.97 Å². The van der Waals surface area contributed by atoms with Crippen molar-refractivity contribution in [3.63, 3.8) is 0 Å². The molecule has 5 nitrogen and oxygen atoms in total. The van der Waals surface area contributed by atoms with Gasteiger partial charge in [0.15, 0.2) is 5.69 Å². The predicted molar refractivity (Wildman–Crippen MR) is 54.9 cm³/mol. The van der Waals surface area contributed by atoms with Gasteiger partial charge in [-0.3, -0.25) is 0 Å². The van der Waals surface area contributed by atoms with E-state index in [4.69, 9.17) is 16.3 Å². The van der Waals surface area contributed by atoms with Gasteiger partial charge in [-0.2, -0.15) is 0 Å². The zero-order valence-electron chi connectivity index (χ0n) is 8.42. The summed E-state index contributed by atoms with van der Waals surface area (Å²) in [5.41, 5.74) is 1.14. The smallest absolute Gasteiger partial charge is 0.358 e. The highest BCUT2D eigenvalue weighted by atomic mass is 35.5. The minimum absolute atomic E-state index is 0.328. The van der Waals surface area contributed by atoms with Crippen LogP contribution in [0.15, 0.2) is 0 Å². The molecule has 0 unspecified atom stereocenters. The molecule has 0 bridgehead atoms. The fourth-order valence-electron chi connectivity index (χ4n) is 1.62. The van der Waals surface area contributed by atoms with Crippen molar-refractivity contribution in [1.82, 2.24) is 14.9 Å². The summed E-state index contributed by atoms with van der Waals surface area (Å²) in [6, 6.07) is 0. The molecule has 15 heavy (non-hydrogen) atoms. The van der Waals surface area contributed by atoms with Crippen molar-refractivity contribution in [3.8, 4) is 0 Å². The molecule has 0 radical (unpaired) electrons. The van der Waals surface area contributed by atoms with Crippen LogP contribution in [0.5, 0.6) is 0 Å². The highest BCUT2D eigenvalue weighted by Gasteiger charge is 2.23.